The highest BCUT2D eigenvalue weighted by molar-refractivity contribution is 5.95. The van der Waals surface area contributed by atoms with Gasteiger partial charge in [-0.25, -0.2) is 9.78 Å². The summed E-state index contributed by atoms with van der Waals surface area (Å²) in [5.41, 5.74) is 0.114. The molecular formula is C17H24N4O3. The van der Waals surface area contributed by atoms with Gasteiger partial charge < -0.3 is 9.73 Å². The molecule has 0 aliphatic heterocycles. The van der Waals surface area contributed by atoms with E-state index in [4.69, 9.17) is 4.42 Å². The number of aromatic amines is 1. The Hall–Kier alpha value is -2.44. The zero-order chi connectivity index (χ0) is 17.7. The van der Waals surface area contributed by atoms with Crippen LogP contribution in [0.1, 0.15) is 65.9 Å². The van der Waals surface area contributed by atoms with E-state index in [0.717, 1.165) is 18.7 Å². The Balaban J connectivity index is 2.04. The van der Waals surface area contributed by atoms with Gasteiger partial charge in [-0.15, -0.1) is 0 Å². The number of hydrogen-bond donors (Lipinski definition) is 2. The molecule has 1 unspecified atom stereocenters. The molecule has 0 fully saturated rings. The summed E-state index contributed by atoms with van der Waals surface area (Å²) in [6.07, 6.45) is 2.43. The Morgan fingerprint density at radius 2 is 2.17 bits per heavy atom. The van der Waals surface area contributed by atoms with Gasteiger partial charge in [-0.05, 0) is 31.9 Å². The summed E-state index contributed by atoms with van der Waals surface area (Å²) in [5, 5.41) is 9.47. The number of amides is 1. The Morgan fingerprint density at radius 3 is 2.75 bits per heavy atom. The molecule has 0 aliphatic carbocycles. The van der Waals surface area contributed by atoms with Crippen LogP contribution in [-0.2, 0) is 6.42 Å². The van der Waals surface area contributed by atoms with Crippen LogP contribution in [0.15, 0.2) is 15.3 Å². The Morgan fingerprint density at radius 1 is 1.42 bits per heavy atom. The lowest BCUT2D eigenvalue weighted by molar-refractivity contribution is 0.0948. The first-order valence-corrected chi connectivity index (χ1v) is 8.23. The molecule has 0 radical (unpaired) electrons. The normalized spacial score (nSPS) is 12.2. The number of H-pyrrole nitrogens is 1. The largest absolute Gasteiger partial charge is 0.427 e. The van der Waals surface area contributed by atoms with E-state index in [2.05, 4.69) is 27.4 Å². The quantitative estimate of drug-likeness (QED) is 0.810. The van der Waals surface area contributed by atoms with Crippen molar-refractivity contribution < 1.29 is 9.21 Å². The van der Waals surface area contributed by atoms with Gasteiger partial charge in [0.1, 0.15) is 17.1 Å². The maximum atomic E-state index is 12.3. The fourth-order valence-electron chi connectivity index (χ4n) is 2.60. The molecule has 2 aromatic rings. The highest BCUT2D eigenvalue weighted by atomic mass is 16.4. The van der Waals surface area contributed by atoms with Crippen LogP contribution < -0.4 is 10.9 Å². The van der Waals surface area contributed by atoms with Crippen LogP contribution >= 0.6 is 0 Å². The molecule has 2 rings (SSSR count). The Labute approximate surface area is 140 Å². The molecule has 2 heterocycles. The second kappa shape index (κ2) is 7.90. The maximum Gasteiger partial charge on any atom is 0.349 e. The molecule has 0 spiro atoms. The highest BCUT2D eigenvalue weighted by Crippen LogP contribution is 2.21. The van der Waals surface area contributed by atoms with E-state index in [1.807, 2.05) is 13.8 Å². The van der Waals surface area contributed by atoms with Gasteiger partial charge >= 0.3 is 5.63 Å². The van der Waals surface area contributed by atoms with Crippen molar-refractivity contribution in [3.05, 3.63) is 45.0 Å². The monoisotopic (exact) mass is 332 g/mol. The molecule has 2 aromatic heterocycles. The van der Waals surface area contributed by atoms with Gasteiger partial charge in [0.15, 0.2) is 5.82 Å². The Kier molecular flexibility index (Phi) is 5.89. The summed E-state index contributed by atoms with van der Waals surface area (Å²) in [7, 11) is 0. The number of carbonyl (C=O) groups is 1. The van der Waals surface area contributed by atoms with Gasteiger partial charge in [0.2, 0.25) is 0 Å². The number of nitrogens with zero attached hydrogens (tertiary/aromatic N) is 2. The molecule has 0 saturated carbocycles. The summed E-state index contributed by atoms with van der Waals surface area (Å²) in [4.78, 5) is 28.6. The lowest BCUT2D eigenvalue weighted by Crippen LogP contribution is -2.31. The average Bonchev–Trinajstić information content (AvgIpc) is 2.92. The van der Waals surface area contributed by atoms with Crippen LogP contribution in [0.5, 0.6) is 0 Å². The van der Waals surface area contributed by atoms with Crippen molar-refractivity contribution in [2.45, 2.75) is 52.9 Å². The number of aryl methyl sites for hydroxylation is 2. The first-order valence-electron chi connectivity index (χ1n) is 8.23. The number of hydrogen-bond acceptors (Lipinski definition) is 5. The van der Waals surface area contributed by atoms with E-state index in [-0.39, 0.29) is 11.5 Å². The van der Waals surface area contributed by atoms with Crippen molar-refractivity contribution in [1.29, 1.82) is 0 Å². The summed E-state index contributed by atoms with van der Waals surface area (Å²) in [6, 6.07) is 1.79. The molecule has 7 heteroatoms. The van der Waals surface area contributed by atoms with Crippen LogP contribution in [0.2, 0.25) is 0 Å². The van der Waals surface area contributed by atoms with Crippen LogP contribution in [0.3, 0.4) is 0 Å². The van der Waals surface area contributed by atoms with Gasteiger partial charge in [-0.1, -0.05) is 20.3 Å². The zero-order valence-electron chi connectivity index (χ0n) is 14.6. The fourth-order valence-corrected chi connectivity index (χ4v) is 2.60. The molecule has 130 valence electrons. The van der Waals surface area contributed by atoms with E-state index >= 15 is 0 Å². The summed E-state index contributed by atoms with van der Waals surface area (Å²) in [6.45, 7) is 8.01. The second-order valence-corrected chi connectivity index (χ2v) is 6.03. The van der Waals surface area contributed by atoms with Gasteiger partial charge in [0, 0.05) is 18.9 Å². The lowest BCUT2D eigenvalue weighted by Gasteiger charge is -2.11. The molecule has 0 saturated heterocycles. The van der Waals surface area contributed by atoms with Gasteiger partial charge in [0.05, 0.1) is 0 Å². The zero-order valence-corrected chi connectivity index (χ0v) is 14.6. The highest BCUT2D eigenvalue weighted by Gasteiger charge is 2.18. The van der Waals surface area contributed by atoms with E-state index < -0.39 is 11.5 Å². The third kappa shape index (κ3) is 4.31. The maximum absolute atomic E-state index is 12.3. The number of carbonyl (C=O) groups excluding carboxylic acids is 1. The van der Waals surface area contributed by atoms with Crippen molar-refractivity contribution >= 4 is 5.91 Å². The predicted octanol–water partition coefficient (Wildman–Crippen LogP) is 2.25. The average molecular weight is 332 g/mol. The van der Waals surface area contributed by atoms with Crippen molar-refractivity contribution in [3.8, 4) is 0 Å². The predicted molar refractivity (Wildman–Crippen MR) is 90.2 cm³/mol. The first kappa shape index (κ1) is 17.9. The number of rotatable bonds is 7. The molecule has 0 aliphatic rings. The second-order valence-electron chi connectivity index (χ2n) is 6.03. The molecular weight excluding hydrogens is 308 g/mol. The van der Waals surface area contributed by atoms with Crippen LogP contribution in [0, 0.1) is 13.8 Å². The Bertz CT molecular complexity index is 763. The third-order valence-corrected chi connectivity index (χ3v) is 3.88. The smallest absolute Gasteiger partial charge is 0.349 e. The van der Waals surface area contributed by atoms with Crippen LogP contribution in [-0.4, -0.2) is 27.6 Å². The third-order valence-electron chi connectivity index (χ3n) is 3.88. The summed E-state index contributed by atoms with van der Waals surface area (Å²) < 4.78 is 5.35. The molecule has 24 heavy (non-hydrogen) atoms. The minimum atomic E-state index is -0.584. The molecule has 0 aromatic carbocycles. The van der Waals surface area contributed by atoms with Gasteiger partial charge in [-0.2, -0.15) is 5.10 Å². The van der Waals surface area contributed by atoms with Gasteiger partial charge in [-0.3, -0.25) is 9.89 Å². The standard InChI is InChI=1S/C17H24N4O3/c1-5-6-10(2)13-9-11(3)15(17(23)24-13)16(22)18-8-7-14-19-12(4)20-21-14/h9-10H,5-8H2,1-4H3,(H,18,22)(H,19,20,21). The number of nitrogens with one attached hydrogen (secondary N) is 2. The summed E-state index contributed by atoms with van der Waals surface area (Å²) >= 11 is 0. The molecule has 1 atom stereocenters. The first-order chi connectivity index (χ1) is 11.4. The lowest BCUT2D eigenvalue weighted by atomic mass is 10.0. The fraction of sp³-hybridized carbons (Fsp3) is 0.529. The van der Waals surface area contributed by atoms with E-state index in [0.29, 0.717) is 30.1 Å². The minimum absolute atomic E-state index is 0.0635. The van der Waals surface area contributed by atoms with Crippen molar-refractivity contribution in [3.63, 3.8) is 0 Å². The SMILES string of the molecule is CCCC(C)c1cc(C)c(C(=O)NCCc2n[nH]c(C)n2)c(=O)o1. The van der Waals surface area contributed by atoms with E-state index in [9.17, 15) is 9.59 Å². The van der Waals surface area contributed by atoms with Crippen molar-refractivity contribution in [2.24, 2.45) is 0 Å². The molecule has 7 nitrogen and oxygen atoms in total. The van der Waals surface area contributed by atoms with Crippen molar-refractivity contribution in [1.82, 2.24) is 20.5 Å². The topological polar surface area (TPSA) is 101 Å². The van der Waals surface area contributed by atoms with E-state index in [1.54, 1.807) is 13.0 Å². The minimum Gasteiger partial charge on any atom is -0.427 e. The molecule has 1 amide bonds. The number of aromatic nitrogens is 3. The summed E-state index contributed by atoms with van der Waals surface area (Å²) in [5.74, 6) is 1.72. The van der Waals surface area contributed by atoms with Crippen LogP contribution in [0.4, 0.5) is 0 Å². The van der Waals surface area contributed by atoms with Crippen LogP contribution in [0.25, 0.3) is 0 Å². The van der Waals surface area contributed by atoms with Gasteiger partial charge in [0.25, 0.3) is 5.91 Å². The van der Waals surface area contributed by atoms with E-state index in [1.165, 1.54) is 0 Å². The molecule has 2 N–H and O–H groups in total. The van der Waals surface area contributed by atoms with Crippen molar-refractivity contribution in [2.75, 3.05) is 6.54 Å². The molecule has 0 bridgehead atoms.